The number of rotatable bonds is 10. The van der Waals surface area contributed by atoms with Crippen LogP contribution in [0.5, 0.6) is 0 Å². The summed E-state index contributed by atoms with van der Waals surface area (Å²) in [5, 5.41) is 13.7. The van der Waals surface area contributed by atoms with Gasteiger partial charge in [0.2, 0.25) is 0 Å². The van der Waals surface area contributed by atoms with E-state index in [0.717, 1.165) is 65.7 Å². The number of aliphatic hydroxyl groups excluding tert-OH is 1. The minimum atomic E-state index is -0.337. The van der Waals surface area contributed by atoms with Gasteiger partial charge in [0, 0.05) is 42.4 Å². The van der Waals surface area contributed by atoms with Crippen molar-refractivity contribution in [3.8, 4) is 11.3 Å². The first-order chi connectivity index (χ1) is 21.9. The van der Waals surface area contributed by atoms with Crippen molar-refractivity contribution in [3.63, 3.8) is 0 Å². The number of aromatic nitrogens is 2. The molecular weight excluding hydrogens is 769 g/mol. The minimum absolute atomic E-state index is 0. The van der Waals surface area contributed by atoms with E-state index in [1.54, 1.807) is 0 Å². The van der Waals surface area contributed by atoms with Gasteiger partial charge in [0.15, 0.2) is 5.78 Å². The maximum Gasteiger partial charge on any atom is 0.164 e. The van der Waals surface area contributed by atoms with E-state index in [9.17, 15) is 9.90 Å². The summed E-state index contributed by atoms with van der Waals surface area (Å²) in [7, 11) is 0. The fourth-order valence-corrected chi connectivity index (χ4v) is 5.92. The number of allylic oxidation sites excluding steroid dienone is 2. The zero-order chi connectivity index (χ0) is 35.3. The Labute approximate surface area is 304 Å². The van der Waals surface area contributed by atoms with Crippen molar-refractivity contribution < 1.29 is 30.0 Å². The first kappa shape index (κ1) is 41.3. The third-order valence-electron chi connectivity index (χ3n) is 10.3. The Morgan fingerprint density at radius 1 is 0.875 bits per heavy atom. The van der Waals surface area contributed by atoms with E-state index >= 15 is 0 Å². The van der Waals surface area contributed by atoms with Gasteiger partial charge in [-0.3, -0.25) is 9.78 Å². The molecule has 5 heteroatoms. The second kappa shape index (κ2) is 16.7. The Morgan fingerprint density at radius 3 is 2.02 bits per heavy atom. The quantitative estimate of drug-likeness (QED) is 0.0749. The van der Waals surface area contributed by atoms with E-state index in [1.807, 2.05) is 48.5 Å². The van der Waals surface area contributed by atoms with Crippen LogP contribution in [0.2, 0.25) is 0 Å². The van der Waals surface area contributed by atoms with Crippen LogP contribution in [0.1, 0.15) is 124 Å². The summed E-state index contributed by atoms with van der Waals surface area (Å²) in [6.45, 7) is 27.5. The van der Waals surface area contributed by atoms with Gasteiger partial charge in [0.1, 0.15) is 11.6 Å². The Hall–Kier alpha value is -2.88. The van der Waals surface area contributed by atoms with E-state index < -0.39 is 0 Å². The molecule has 3 aromatic carbocycles. The van der Waals surface area contributed by atoms with Crippen LogP contribution < -0.4 is 0 Å². The van der Waals surface area contributed by atoms with Gasteiger partial charge >= 0.3 is 0 Å². The molecule has 0 fully saturated rings. The van der Waals surface area contributed by atoms with Crippen molar-refractivity contribution in [3.05, 3.63) is 82.9 Å². The molecule has 4 rings (SSSR count). The first-order valence-corrected chi connectivity index (χ1v) is 17.6. The fraction of sp³-hybridized carbons (Fsp3) is 0.512. The summed E-state index contributed by atoms with van der Waals surface area (Å²) >= 11 is 0. The molecule has 0 spiro atoms. The third kappa shape index (κ3) is 9.42. The molecule has 0 atom stereocenters. The molecule has 1 N–H and O–H groups in total. The molecule has 1 heterocycles. The number of carbonyl (C=O) groups excluding carboxylic acids is 1. The van der Waals surface area contributed by atoms with Crippen molar-refractivity contribution in [2.75, 3.05) is 0 Å². The monoisotopic (exact) mass is 828 g/mol. The molecule has 263 valence electrons. The Balaban J connectivity index is 0.000000384. The van der Waals surface area contributed by atoms with Crippen molar-refractivity contribution >= 4 is 27.5 Å². The van der Waals surface area contributed by atoms with Gasteiger partial charge in [-0.15, -0.1) is 34.9 Å². The summed E-state index contributed by atoms with van der Waals surface area (Å²) in [5.74, 6) is 1.68. The van der Waals surface area contributed by atoms with Gasteiger partial charge in [0.25, 0.3) is 0 Å². The van der Waals surface area contributed by atoms with Crippen LogP contribution in [-0.4, -0.2) is 20.9 Å². The third-order valence-corrected chi connectivity index (χ3v) is 10.3. The van der Waals surface area contributed by atoms with Crippen LogP contribution in [-0.2, 0) is 36.7 Å². The molecule has 4 aromatic rings. The molecule has 0 saturated carbocycles. The summed E-state index contributed by atoms with van der Waals surface area (Å²) in [4.78, 5) is 22.0. The standard InChI is InChI=1S/C28H31N2.C15H28O2.Ir/c1-17(2)13-21-10-8-9-20-11-12-24-26(29-19(4)30-27(24)25(20)21)22-14-18(3)15-23(16-22)28(5,6)7;1-7-14(5,8-2)12(16)11-13(17)15(6,9-3)10-4;/h8-12,15-17H,13H2,1-7H3;11,16H,7-10H2,1-6H3;/q-1;;/b;12-11-;. The van der Waals surface area contributed by atoms with Crippen LogP contribution in [0, 0.1) is 36.7 Å². The van der Waals surface area contributed by atoms with Crippen LogP contribution in [0.3, 0.4) is 0 Å². The summed E-state index contributed by atoms with van der Waals surface area (Å²) in [6, 6.07) is 19.0. The molecular formula is C43H59IrN2O2-. The predicted molar refractivity (Wildman–Crippen MR) is 201 cm³/mol. The van der Waals surface area contributed by atoms with Crippen molar-refractivity contribution in [2.24, 2.45) is 16.7 Å². The maximum atomic E-state index is 12.2. The number of nitrogens with zero attached hydrogens (tertiary/aromatic N) is 2. The molecule has 0 unspecified atom stereocenters. The number of carbonyl (C=O) groups is 1. The number of ketones is 1. The number of hydrogen-bond acceptors (Lipinski definition) is 4. The normalized spacial score (nSPS) is 12.6. The molecule has 48 heavy (non-hydrogen) atoms. The first-order valence-electron chi connectivity index (χ1n) is 17.6. The molecule has 0 aliphatic heterocycles. The molecule has 0 saturated heterocycles. The van der Waals surface area contributed by atoms with Crippen LogP contribution in [0.15, 0.2) is 54.3 Å². The molecule has 0 amide bonds. The largest absolute Gasteiger partial charge is 0.512 e. The van der Waals surface area contributed by atoms with E-state index in [1.165, 1.54) is 28.0 Å². The topological polar surface area (TPSA) is 63.1 Å². The molecule has 4 nitrogen and oxygen atoms in total. The zero-order valence-corrected chi connectivity index (χ0v) is 34.2. The minimum Gasteiger partial charge on any atom is -0.512 e. The van der Waals surface area contributed by atoms with E-state index in [4.69, 9.17) is 9.97 Å². The Bertz CT molecular complexity index is 1740. The van der Waals surface area contributed by atoms with E-state index in [0.29, 0.717) is 5.92 Å². The van der Waals surface area contributed by atoms with Crippen molar-refractivity contribution in [2.45, 2.75) is 128 Å². The summed E-state index contributed by atoms with van der Waals surface area (Å²) in [5.41, 5.74) is 6.36. The molecule has 0 aliphatic carbocycles. The van der Waals surface area contributed by atoms with Crippen LogP contribution in [0.25, 0.3) is 32.9 Å². The van der Waals surface area contributed by atoms with Gasteiger partial charge in [-0.1, -0.05) is 113 Å². The van der Waals surface area contributed by atoms with Crippen LogP contribution in [0.4, 0.5) is 0 Å². The number of benzene rings is 3. The Morgan fingerprint density at radius 2 is 1.48 bits per heavy atom. The van der Waals surface area contributed by atoms with E-state index in [-0.39, 0.29) is 47.9 Å². The SMILES string of the molecule is CCC(C)(CC)C(=O)/C=C(\O)C(C)(CC)CC.Cc1[c-]c(-c2nc(C)nc3c2ccc2cccc(CC(C)C)c23)cc(C(C)(C)C)c1.[Ir]. The van der Waals surface area contributed by atoms with Gasteiger partial charge in [-0.25, -0.2) is 4.98 Å². The number of fused-ring (bicyclic) bond motifs is 3. The summed E-state index contributed by atoms with van der Waals surface area (Å²) < 4.78 is 0. The predicted octanol–water partition coefficient (Wildman–Crippen LogP) is 12.0. The zero-order valence-electron chi connectivity index (χ0n) is 31.8. The van der Waals surface area contributed by atoms with E-state index in [2.05, 4.69) is 90.1 Å². The van der Waals surface area contributed by atoms with Gasteiger partial charge in [-0.2, -0.15) is 0 Å². The summed E-state index contributed by atoms with van der Waals surface area (Å²) in [6.07, 6.45) is 5.80. The van der Waals surface area contributed by atoms with Gasteiger partial charge in [-0.05, 0) is 72.4 Å². The maximum absolute atomic E-state index is 12.2. The van der Waals surface area contributed by atoms with Gasteiger partial charge in [0.05, 0.1) is 5.52 Å². The van der Waals surface area contributed by atoms with Crippen LogP contribution >= 0.6 is 0 Å². The molecule has 1 radical (unpaired) electrons. The Kier molecular flexibility index (Phi) is 14.4. The number of hydrogen-bond donors (Lipinski definition) is 1. The van der Waals surface area contributed by atoms with Crippen molar-refractivity contribution in [1.29, 1.82) is 0 Å². The fourth-order valence-electron chi connectivity index (χ4n) is 5.92. The average Bonchev–Trinajstić information content (AvgIpc) is 3.02. The second-order valence-corrected chi connectivity index (χ2v) is 15.3. The molecule has 1 aromatic heterocycles. The van der Waals surface area contributed by atoms with Crippen molar-refractivity contribution in [1.82, 2.24) is 9.97 Å². The molecule has 0 bridgehead atoms. The smallest absolute Gasteiger partial charge is 0.164 e. The number of aliphatic hydroxyl groups is 1. The molecule has 0 aliphatic rings. The second-order valence-electron chi connectivity index (χ2n) is 15.3. The average molecular weight is 828 g/mol. The van der Waals surface area contributed by atoms with Gasteiger partial charge < -0.3 is 5.11 Å². The number of aryl methyl sites for hydroxylation is 2.